The van der Waals surface area contributed by atoms with Crippen molar-refractivity contribution in [3.63, 3.8) is 0 Å². The van der Waals surface area contributed by atoms with Crippen LogP contribution < -0.4 is 0 Å². The quantitative estimate of drug-likeness (QED) is 0.700. The van der Waals surface area contributed by atoms with E-state index in [-0.39, 0.29) is 5.60 Å². The van der Waals surface area contributed by atoms with Gasteiger partial charge in [-0.15, -0.1) is 0 Å². The Morgan fingerprint density at radius 2 is 2.00 bits per heavy atom. The Bertz CT molecular complexity index is 189. The summed E-state index contributed by atoms with van der Waals surface area (Å²) in [5, 5.41) is 0.987. The monoisotopic (exact) mass is 260 g/mol. The molecular formula is C12H21BrO. The van der Waals surface area contributed by atoms with Crippen molar-refractivity contribution in [2.24, 2.45) is 5.92 Å². The number of hydrogen-bond donors (Lipinski definition) is 0. The zero-order chi connectivity index (χ0) is 10.0. The van der Waals surface area contributed by atoms with Crippen LogP contribution in [-0.2, 0) is 4.74 Å². The summed E-state index contributed by atoms with van der Waals surface area (Å²) in [5.41, 5.74) is 0.128. The molecule has 2 aliphatic rings. The summed E-state index contributed by atoms with van der Waals surface area (Å²) >= 11 is 3.55. The maximum absolute atomic E-state index is 6.11. The first-order chi connectivity index (χ1) is 6.72. The van der Waals surface area contributed by atoms with Gasteiger partial charge in [0.05, 0.1) is 11.7 Å². The molecule has 0 amide bonds. The number of halogens is 1. The average molecular weight is 261 g/mol. The molecule has 0 N–H and O–H groups in total. The number of alkyl halides is 1. The van der Waals surface area contributed by atoms with E-state index in [1.807, 2.05) is 0 Å². The summed E-state index contributed by atoms with van der Waals surface area (Å²) in [5.74, 6) is 0.970. The van der Waals surface area contributed by atoms with Gasteiger partial charge in [-0.25, -0.2) is 0 Å². The van der Waals surface area contributed by atoms with Gasteiger partial charge in [0.1, 0.15) is 0 Å². The van der Waals surface area contributed by atoms with Crippen LogP contribution in [-0.4, -0.2) is 17.0 Å². The molecule has 2 heteroatoms. The second-order valence-corrected chi connectivity index (χ2v) is 5.81. The minimum atomic E-state index is 0.128. The average Bonchev–Trinajstić information content (AvgIpc) is 2.78. The minimum absolute atomic E-state index is 0.128. The van der Waals surface area contributed by atoms with Gasteiger partial charge in [0.25, 0.3) is 0 Å². The fourth-order valence-corrected chi connectivity index (χ4v) is 3.28. The highest BCUT2D eigenvalue weighted by Gasteiger charge is 2.36. The van der Waals surface area contributed by atoms with Crippen molar-refractivity contribution in [2.45, 2.75) is 63.6 Å². The van der Waals surface area contributed by atoms with Crippen molar-refractivity contribution >= 4 is 15.9 Å². The summed E-state index contributed by atoms with van der Waals surface area (Å²) in [6, 6.07) is 0. The Balaban J connectivity index is 1.78. The molecule has 1 saturated heterocycles. The number of hydrogen-bond acceptors (Lipinski definition) is 1. The maximum Gasteiger partial charge on any atom is 0.0755 e. The molecule has 2 fully saturated rings. The van der Waals surface area contributed by atoms with Crippen LogP contribution in [0.15, 0.2) is 0 Å². The van der Waals surface area contributed by atoms with Gasteiger partial charge in [-0.3, -0.25) is 0 Å². The number of rotatable bonds is 3. The van der Waals surface area contributed by atoms with Crippen LogP contribution in [0.3, 0.4) is 0 Å². The Morgan fingerprint density at radius 1 is 1.29 bits per heavy atom. The third kappa shape index (κ3) is 2.52. The third-order valence-electron chi connectivity index (χ3n) is 3.80. The van der Waals surface area contributed by atoms with Gasteiger partial charge >= 0.3 is 0 Å². The fraction of sp³-hybridized carbons (Fsp3) is 1.00. The van der Waals surface area contributed by atoms with Crippen molar-refractivity contribution in [3.05, 3.63) is 0 Å². The van der Waals surface area contributed by atoms with Crippen molar-refractivity contribution in [1.82, 2.24) is 0 Å². The second kappa shape index (κ2) is 4.52. The van der Waals surface area contributed by atoms with E-state index >= 15 is 0 Å². The second-order valence-electron chi connectivity index (χ2n) is 5.25. The summed E-state index contributed by atoms with van der Waals surface area (Å²) in [4.78, 5) is 0. The minimum Gasteiger partial charge on any atom is -0.371 e. The summed E-state index contributed by atoms with van der Waals surface area (Å²) in [6.45, 7) is 2.23. The first-order valence-electron chi connectivity index (χ1n) is 5.96. The Morgan fingerprint density at radius 3 is 2.57 bits per heavy atom. The highest BCUT2D eigenvalue weighted by atomic mass is 79.9. The predicted octanol–water partition coefficient (Wildman–Crippen LogP) is 3.90. The molecule has 82 valence electrons. The van der Waals surface area contributed by atoms with E-state index in [9.17, 15) is 0 Å². The Labute approximate surface area is 95.7 Å². The van der Waals surface area contributed by atoms with E-state index in [0.29, 0.717) is 6.10 Å². The van der Waals surface area contributed by atoms with Crippen LogP contribution in [0.2, 0.25) is 0 Å². The van der Waals surface area contributed by atoms with E-state index in [1.54, 1.807) is 0 Å². The molecule has 0 spiro atoms. The third-order valence-corrected chi connectivity index (χ3v) is 4.99. The van der Waals surface area contributed by atoms with Crippen molar-refractivity contribution in [3.8, 4) is 0 Å². The molecule has 1 nitrogen and oxygen atoms in total. The molecule has 2 unspecified atom stereocenters. The Hall–Kier alpha value is 0.440. The van der Waals surface area contributed by atoms with Crippen molar-refractivity contribution in [1.29, 1.82) is 0 Å². The molecule has 0 aromatic carbocycles. The first kappa shape index (κ1) is 10.9. The van der Waals surface area contributed by atoms with Crippen LogP contribution >= 0.6 is 15.9 Å². The lowest BCUT2D eigenvalue weighted by Gasteiger charge is -2.23. The zero-order valence-electron chi connectivity index (χ0n) is 9.10. The SMILES string of the molecule is CC1(CBr)CCC(CC2CCCC2)O1. The van der Waals surface area contributed by atoms with Crippen molar-refractivity contribution in [2.75, 3.05) is 5.33 Å². The van der Waals surface area contributed by atoms with E-state index < -0.39 is 0 Å². The summed E-state index contributed by atoms with van der Waals surface area (Å²) in [7, 11) is 0. The highest BCUT2D eigenvalue weighted by molar-refractivity contribution is 9.09. The molecule has 1 saturated carbocycles. The lowest BCUT2D eigenvalue weighted by atomic mass is 9.97. The molecule has 2 rings (SSSR count). The van der Waals surface area contributed by atoms with Gasteiger partial charge in [0, 0.05) is 5.33 Å². The summed E-state index contributed by atoms with van der Waals surface area (Å²) < 4.78 is 6.11. The zero-order valence-corrected chi connectivity index (χ0v) is 10.7. The van der Waals surface area contributed by atoms with Crippen LogP contribution in [0.4, 0.5) is 0 Å². The number of ether oxygens (including phenoxy) is 1. The molecule has 1 heterocycles. The molecule has 0 radical (unpaired) electrons. The molecule has 2 atom stereocenters. The molecule has 14 heavy (non-hydrogen) atoms. The molecule has 0 aromatic rings. The fourth-order valence-electron chi connectivity index (χ4n) is 2.87. The molecule has 1 aliphatic carbocycles. The highest BCUT2D eigenvalue weighted by Crippen LogP contribution is 2.37. The maximum atomic E-state index is 6.11. The van der Waals surface area contributed by atoms with E-state index in [1.165, 1.54) is 44.9 Å². The van der Waals surface area contributed by atoms with Gasteiger partial charge in [0.15, 0.2) is 0 Å². The van der Waals surface area contributed by atoms with E-state index in [2.05, 4.69) is 22.9 Å². The lowest BCUT2D eigenvalue weighted by molar-refractivity contribution is -0.0202. The summed E-state index contributed by atoms with van der Waals surface area (Å²) in [6.07, 6.45) is 10.2. The molecule has 0 bridgehead atoms. The molecule has 1 aliphatic heterocycles. The smallest absolute Gasteiger partial charge is 0.0755 e. The predicted molar refractivity (Wildman–Crippen MR) is 62.9 cm³/mol. The van der Waals surface area contributed by atoms with Gasteiger partial charge in [-0.2, -0.15) is 0 Å². The molecule has 0 aromatic heterocycles. The first-order valence-corrected chi connectivity index (χ1v) is 7.08. The Kier molecular flexibility index (Phi) is 3.54. The lowest BCUT2D eigenvalue weighted by Crippen LogP contribution is -2.27. The van der Waals surface area contributed by atoms with Gasteiger partial charge < -0.3 is 4.74 Å². The largest absolute Gasteiger partial charge is 0.371 e. The van der Waals surface area contributed by atoms with Crippen LogP contribution in [0.5, 0.6) is 0 Å². The van der Waals surface area contributed by atoms with E-state index in [0.717, 1.165) is 11.2 Å². The van der Waals surface area contributed by atoms with Gasteiger partial charge in [0.2, 0.25) is 0 Å². The standard InChI is InChI=1S/C12H21BrO/c1-12(9-13)7-6-11(14-12)8-10-4-2-3-5-10/h10-11H,2-9H2,1H3. The molecular weight excluding hydrogens is 240 g/mol. The van der Waals surface area contributed by atoms with Crippen LogP contribution in [0, 0.1) is 5.92 Å². The van der Waals surface area contributed by atoms with Crippen molar-refractivity contribution < 1.29 is 4.74 Å². The van der Waals surface area contributed by atoms with Gasteiger partial charge in [-0.05, 0) is 32.1 Å². The topological polar surface area (TPSA) is 9.23 Å². The van der Waals surface area contributed by atoms with Crippen LogP contribution in [0.1, 0.15) is 51.9 Å². The normalized spacial score (nSPS) is 39.4. The van der Waals surface area contributed by atoms with Crippen LogP contribution in [0.25, 0.3) is 0 Å². The van der Waals surface area contributed by atoms with Gasteiger partial charge in [-0.1, -0.05) is 41.6 Å². The van der Waals surface area contributed by atoms with E-state index in [4.69, 9.17) is 4.74 Å².